The molecule has 0 fully saturated rings. The summed E-state index contributed by atoms with van der Waals surface area (Å²) in [6.45, 7) is 4.74. The first-order valence-electron chi connectivity index (χ1n) is 12.1. The van der Waals surface area contributed by atoms with Crippen LogP contribution in [0, 0.1) is 11.7 Å². The predicted molar refractivity (Wildman–Crippen MR) is 151 cm³/mol. The van der Waals surface area contributed by atoms with Gasteiger partial charge in [-0.3, -0.25) is 9.59 Å². The molecular weight excluding hydrogens is 530 g/mol. The monoisotopic (exact) mass is 560 g/mol. The standard InChI is InChI=1S/C29H31Cl2FN2O2S/c1-20(2)16-33-29(36)27(14-21-6-4-3-5-7-21)34(17-22-8-12-25(32)13-9-22)28(35)19-37-18-23-10-11-24(30)15-26(23)31/h3-13,15,20,27H,14,16-19H2,1-2H3,(H,33,36). The minimum absolute atomic E-state index is 0.156. The smallest absolute Gasteiger partial charge is 0.243 e. The van der Waals surface area contributed by atoms with Gasteiger partial charge in [-0.2, -0.15) is 0 Å². The second kappa shape index (κ2) is 14.4. The fourth-order valence-corrected chi connectivity index (χ4v) is 5.20. The van der Waals surface area contributed by atoms with Gasteiger partial charge < -0.3 is 10.2 Å². The van der Waals surface area contributed by atoms with Gasteiger partial charge in [0, 0.05) is 35.3 Å². The van der Waals surface area contributed by atoms with E-state index in [2.05, 4.69) is 5.32 Å². The van der Waals surface area contributed by atoms with Crippen LogP contribution in [0.4, 0.5) is 4.39 Å². The van der Waals surface area contributed by atoms with Crippen molar-refractivity contribution >= 4 is 46.8 Å². The molecule has 0 aromatic heterocycles. The Balaban J connectivity index is 1.84. The molecule has 0 aliphatic heterocycles. The first-order valence-corrected chi connectivity index (χ1v) is 14.0. The van der Waals surface area contributed by atoms with Crippen molar-refractivity contribution in [3.05, 3.63) is 105 Å². The average Bonchev–Trinajstić information content (AvgIpc) is 2.87. The number of nitrogens with one attached hydrogen (secondary N) is 1. The van der Waals surface area contributed by atoms with Crippen LogP contribution in [0.3, 0.4) is 0 Å². The lowest BCUT2D eigenvalue weighted by atomic mass is 10.0. The molecule has 0 saturated heterocycles. The molecule has 0 heterocycles. The van der Waals surface area contributed by atoms with Crippen LogP contribution in [-0.2, 0) is 28.3 Å². The van der Waals surface area contributed by atoms with Crippen LogP contribution in [0.25, 0.3) is 0 Å². The summed E-state index contributed by atoms with van der Waals surface area (Å²) in [7, 11) is 0. The number of carbonyl (C=O) groups is 2. The van der Waals surface area contributed by atoms with Crippen molar-refractivity contribution in [1.82, 2.24) is 10.2 Å². The molecule has 1 N–H and O–H groups in total. The van der Waals surface area contributed by atoms with E-state index in [1.54, 1.807) is 29.2 Å². The van der Waals surface area contributed by atoms with E-state index >= 15 is 0 Å². The Labute approximate surface area is 232 Å². The molecule has 196 valence electrons. The Bertz CT molecular complexity index is 1180. The van der Waals surface area contributed by atoms with Crippen LogP contribution >= 0.6 is 35.0 Å². The van der Waals surface area contributed by atoms with Crippen molar-refractivity contribution in [3.8, 4) is 0 Å². The lowest BCUT2D eigenvalue weighted by Gasteiger charge is -2.32. The first-order chi connectivity index (χ1) is 17.7. The highest BCUT2D eigenvalue weighted by Gasteiger charge is 2.30. The van der Waals surface area contributed by atoms with E-state index in [0.717, 1.165) is 16.7 Å². The van der Waals surface area contributed by atoms with Gasteiger partial charge in [0.15, 0.2) is 0 Å². The molecule has 4 nitrogen and oxygen atoms in total. The molecular formula is C29H31Cl2FN2O2S. The van der Waals surface area contributed by atoms with E-state index in [4.69, 9.17) is 23.2 Å². The molecule has 0 radical (unpaired) electrons. The third-order valence-electron chi connectivity index (χ3n) is 5.72. The minimum Gasteiger partial charge on any atom is -0.354 e. The quantitative estimate of drug-likeness (QED) is 0.265. The summed E-state index contributed by atoms with van der Waals surface area (Å²) in [5, 5.41) is 4.10. The van der Waals surface area contributed by atoms with Gasteiger partial charge in [-0.25, -0.2) is 4.39 Å². The lowest BCUT2D eigenvalue weighted by Crippen LogP contribution is -2.51. The number of hydrogen-bond donors (Lipinski definition) is 1. The molecule has 1 unspecified atom stereocenters. The van der Waals surface area contributed by atoms with E-state index in [-0.39, 0.29) is 35.8 Å². The van der Waals surface area contributed by atoms with Crippen molar-refractivity contribution in [2.75, 3.05) is 12.3 Å². The SMILES string of the molecule is CC(C)CNC(=O)C(Cc1ccccc1)N(Cc1ccc(F)cc1)C(=O)CSCc1ccc(Cl)cc1Cl. The Morgan fingerprint density at radius 3 is 2.32 bits per heavy atom. The van der Waals surface area contributed by atoms with Crippen LogP contribution < -0.4 is 5.32 Å². The zero-order valence-corrected chi connectivity index (χ0v) is 23.3. The van der Waals surface area contributed by atoms with Crippen molar-refractivity contribution in [2.45, 2.75) is 38.6 Å². The van der Waals surface area contributed by atoms with Crippen LogP contribution in [0.2, 0.25) is 10.0 Å². The number of amides is 2. The Kier molecular flexibility index (Phi) is 11.3. The minimum atomic E-state index is -0.724. The van der Waals surface area contributed by atoms with Gasteiger partial charge in [-0.1, -0.05) is 85.6 Å². The first kappa shape index (κ1) is 29.0. The largest absolute Gasteiger partial charge is 0.354 e. The van der Waals surface area contributed by atoms with Crippen molar-refractivity contribution in [1.29, 1.82) is 0 Å². The molecule has 0 aliphatic rings. The highest BCUT2D eigenvalue weighted by Crippen LogP contribution is 2.25. The van der Waals surface area contributed by atoms with Crippen LogP contribution in [0.1, 0.15) is 30.5 Å². The number of thioether (sulfide) groups is 1. The van der Waals surface area contributed by atoms with E-state index < -0.39 is 6.04 Å². The molecule has 0 aliphatic carbocycles. The van der Waals surface area contributed by atoms with E-state index in [9.17, 15) is 14.0 Å². The highest BCUT2D eigenvalue weighted by atomic mass is 35.5. The normalized spacial score (nSPS) is 11.8. The molecule has 8 heteroatoms. The third-order valence-corrected chi connectivity index (χ3v) is 7.27. The molecule has 2 amide bonds. The summed E-state index contributed by atoms with van der Waals surface area (Å²) in [5.41, 5.74) is 2.57. The van der Waals surface area contributed by atoms with Gasteiger partial charge in [-0.05, 0) is 46.9 Å². The molecule has 0 saturated carbocycles. The number of nitrogens with zero attached hydrogens (tertiary/aromatic N) is 1. The Hall–Kier alpha value is -2.54. The highest BCUT2D eigenvalue weighted by molar-refractivity contribution is 7.99. The lowest BCUT2D eigenvalue weighted by molar-refractivity contribution is -0.139. The van der Waals surface area contributed by atoms with Crippen LogP contribution in [0.5, 0.6) is 0 Å². The third kappa shape index (κ3) is 9.37. The Morgan fingerprint density at radius 1 is 0.973 bits per heavy atom. The summed E-state index contributed by atoms with van der Waals surface area (Å²) in [4.78, 5) is 28.6. The topological polar surface area (TPSA) is 49.4 Å². The second-order valence-electron chi connectivity index (χ2n) is 9.22. The summed E-state index contributed by atoms with van der Waals surface area (Å²) in [5.74, 6) is 0.200. The molecule has 3 aromatic carbocycles. The maximum absolute atomic E-state index is 13.6. The predicted octanol–water partition coefficient (Wildman–Crippen LogP) is 6.78. The molecule has 3 aromatic rings. The zero-order valence-electron chi connectivity index (χ0n) is 20.9. The van der Waals surface area contributed by atoms with Crippen LogP contribution in [0.15, 0.2) is 72.8 Å². The molecule has 37 heavy (non-hydrogen) atoms. The van der Waals surface area contributed by atoms with Crippen molar-refractivity contribution < 1.29 is 14.0 Å². The van der Waals surface area contributed by atoms with Gasteiger partial charge in [0.1, 0.15) is 11.9 Å². The van der Waals surface area contributed by atoms with Gasteiger partial charge in [0.25, 0.3) is 0 Å². The van der Waals surface area contributed by atoms with Crippen molar-refractivity contribution in [2.24, 2.45) is 5.92 Å². The zero-order chi connectivity index (χ0) is 26.8. The fraction of sp³-hybridized carbons (Fsp3) is 0.310. The number of halogens is 3. The maximum atomic E-state index is 13.6. The maximum Gasteiger partial charge on any atom is 0.243 e. The van der Waals surface area contributed by atoms with Gasteiger partial charge >= 0.3 is 0 Å². The van der Waals surface area contributed by atoms with E-state index in [1.807, 2.05) is 50.2 Å². The fourth-order valence-electron chi connectivity index (χ4n) is 3.73. The number of hydrogen-bond acceptors (Lipinski definition) is 3. The number of benzene rings is 3. The molecule has 3 rings (SSSR count). The summed E-state index contributed by atoms with van der Waals surface area (Å²) < 4.78 is 13.6. The summed E-state index contributed by atoms with van der Waals surface area (Å²) in [6, 6.07) is 20.2. The van der Waals surface area contributed by atoms with Gasteiger partial charge in [0.05, 0.1) is 5.75 Å². The summed E-state index contributed by atoms with van der Waals surface area (Å²) >= 11 is 13.7. The molecule has 0 bridgehead atoms. The Morgan fingerprint density at radius 2 is 1.68 bits per heavy atom. The van der Waals surface area contributed by atoms with Gasteiger partial charge in [-0.15, -0.1) is 11.8 Å². The molecule has 0 spiro atoms. The average molecular weight is 562 g/mol. The molecule has 1 atom stereocenters. The van der Waals surface area contributed by atoms with Crippen molar-refractivity contribution in [3.63, 3.8) is 0 Å². The number of carbonyl (C=O) groups excluding carboxylic acids is 2. The van der Waals surface area contributed by atoms with Gasteiger partial charge in [0.2, 0.25) is 11.8 Å². The van der Waals surface area contributed by atoms with E-state index in [1.165, 1.54) is 23.9 Å². The number of rotatable bonds is 12. The second-order valence-corrected chi connectivity index (χ2v) is 11.1. The van der Waals surface area contributed by atoms with Crippen LogP contribution in [-0.4, -0.2) is 35.1 Å². The summed E-state index contributed by atoms with van der Waals surface area (Å²) in [6.07, 6.45) is 0.366. The van der Waals surface area contributed by atoms with E-state index in [0.29, 0.717) is 28.8 Å².